The van der Waals surface area contributed by atoms with Crippen molar-refractivity contribution >= 4 is 46.2 Å². The Morgan fingerprint density at radius 3 is 2.58 bits per heavy atom. The van der Waals surface area contributed by atoms with Gasteiger partial charge in [-0.05, 0) is 30.5 Å². The van der Waals surface area contributed by atoms with Gasteiger partial charge in [-0.1, -0.05) is 37.0 Å². The summed E-state index contributed by atoms with van der Waals surface area (Å²) in [5, 5.41) is 18.1. The summed E-state index contributed by atoms with van der Waals surface area (Å²) in [5.74, 6) is 0.707. The number of nitrogens with one attached hydrogen (secondary N) is 2. The van der Waals surface area contributed by atoms with Crippen LogP contribution in [0.1, 0.15) is 20.3 Å². The summed E-state index contributed by atoms with van der Waals surface area (Å²) in [6.07, 6.45) is 2.13. The minimum absolute atomic E-state index is 0.0614. The Balaban J connectivity index is 2.30. The van der Waals surface area contributed by atoms with E-state index in [1.54, 1.807) is 18.2 Å². The van der Waals surface area contributed by atoms with Crippen molar-refractivity contribution < 1.29 is 4.92 Å². The minimum atomic E-state index is -0.524. The molecule has 1 heterocycles. The number of hydrogen-bond acceptors (Lipinski definition) is 6. The fraction of sp³-hybridized carbons (Fsp3) is 0.333. The van der Waals surface area contributed by atoms with Gasteiger partial charge in [0.05, 0.1) is 15.6 Å². The maximum atomic E-state index is 11.5. The Morgan fingerprint density at radius 1 is 1.25 bits per heavy atom. The highest BCUT2D eigenvalue weighted by Crippen LogP contribution is 2.34. The van der Waals surface area contributed by atoms with Gasteiger partial charge < -0.3 is 10.6 Å². The SMILES string of the molecule is CC(C)CCNc1ncnc(Nc2ccc(Cl)cc2Cl)c1[N+](=O)[O-]. The topological polar surface area (TPSA) is 93.0 Å². The average Bonchev–Trinajstić information content (AvgIpc) is 2.49. The molecule has 0 atom stereocenters. The smallest absolute Gasteiger partial charge is 0.353 e. The predicted octanol–water partition coefficient (Wildman–Crippen LogP) is 4.89. The van der Waals surface area contributed by atoms with Crippen molar-refractivity contribution in [3.05, 3.63) is 44.7 Å². The minimum Gasteiger partial charge on any atom is -0.364 e. The molecule has 9 heteroatoms. The first-order valence-corrected chi connectivity index (χ1v) is 8.09. The molecule has 0 aliphatic carbocycles. The molecule has 0 saturated carbocycles. The number of halogens is 2. The van der Waals surface area contributed by atoms with Crippen LogP contribution >= 0.6 is 23.2 Å². The van der Waals surface area contributed by atoms with E-state index in [9.17, 15) is 10.1 Å². The van der Waals surface area contributed by atoms with E-state index in [0.29, 0.717) is 28.2 Å². The van der Waals surface area contributed by atoms with Crippen LogP contribution in [-0.2, 0) is 0 Å². The fourth-order valence-corrected chi connectivity index (χ4v) is 2.43. The number of benzene rings is 1. The van der Waals surface area contributed by atoms with E-state index >= 15 is 0 Å². The Labute approximate surface area is 149 Å². The summed E-state index contributed by atoms with van der Waals surface area (Å²) in [6, 6.07) is 4.80. The number of hydrogen-bond donors (Lipinski definition) is 2. The van der Waals surface area contributed by atoms with E-state index in [2.05, 4.69) is 34.4 Å². The molecule has 2 rings (SSSR count). The highest BCUT2D eigenvalue weighted by Gasteiger charge is 2.23. The first kappa shape index (κ1) is 18.2. The van der Waals surface area contributed by atoms with E-state index in [-0.39, 0.29) is 17.3 Å². The van der Waals surface area contributed by atoms with Crippen LogP contribution < -0.4 is 10.6 Å². The zero-order chi connectivity index (χ0) is 17.7. The van der Waals surface area contributed by atoms with Crippen LogP contribution in [0.2, 0.25) is 10.0 Å². The van der Waals surface area contributed by atoms with Gasteiger partial charge in [0, 0.05) is 11.6 Å². The van der Waals surface area contributed by atoms with E-state index in [4.69, 9.17) is 23.2 Å². The summed E-state index contributed by atoms with van der Waals surface area (Å²) in [7, 11) is 0. The van der Waals surface area contributed by atoms with E-state index in [1.807, 2.05) is 0 Å². The predicted molar refractivity (Wildman–Crippen MR) is 96.4 cm³/mol. The molecule has 0 fully saturated rings. The first-order valence-electron chi connectivity index (χ1n) is 7.33. The van der Waals surface area contributed by atoms with Crippen LogP contribution in [0, 0.1) is 16.0 Å². The van der Waals surface area contributed by atoms with Crippen molar-refractivity contribution in [2.24, 2.45) is 5.92 Å². The summed E-state index contributed by atoms with van der Waals surface area (Å²) >= 11 is 11.9. The zero-order valence-corrected chi connectivity index (χ0v) is 14.7. The molecule has 0 bridgehead atoms. The largest absolute Gasteiger partial charge is 0.364 e. The molecule has 0 spiro atoms. The summed E-state index contributed by atoms with van der Waals surface area (Å²) in [4.78, 5) is 18.9. The van der Waals surface area contributed by atoms with E-state index in [1.165, 1.54) is 6.33 Å². The van der Waals surface area contributed by atoms with Gasteiger partial charge in [0.1, 0.15) is 6.33 Å². The molecule has 0 saturated heterocycles. The molecule has 1 aromatic heterocycles. The third kappa shape index (κ3) is 4.69. The van der Waals surface area contributed by atoms with Gasteiger partial charge >= 0.3 is 5.69 Å². The van der Waals surface area contributed by atoms with Gasteiger partial charge in [0.2, 0.25) is 11.6 Å². The molecular weight excluding hydrogens is 353 g/mol. The van der Waals surface area contributed by atoms with Crippen molar-refractivity contribution in [1.29, 1.82) is 0 Å². The van der Waals surface area contributed by atoms with Gasteiger partial charge in [0.25, 0.3) is 0 Å². The van der Waals surface area contributed by atoms with Crippen molar-refractivity contribution in [1.82, 2.24) is 9.97 Å². The lowest BCUT2D eigenvalue weighted by molar-refractivity contribution is -0.383. The van der Waals surface area contributed by atoms with Gasteiger partial charge in [-0.2, -0.15) is 0 Å². The normalized spacial score (nSPS) is 10.7. The summed E-state index contributed by atoms with van der Waals surface area (Å²) in [6.45, 7) is 4.73. The standard InChI is InChI=1S/C15H17Cl2N5O2/c1-9(2)5-6-18-14-13(22(23)24)15(20-8-19-14)21-12-4-3-10(16)7-11(12)17/h3-4,7-9H,5-6H2,1-2H3,(H2,18,19,20,21). The lowest BCUT2D eigenvalue weighted by Gasteiger charge is -2.11. The molecule has 2 aromatic rings. The number of rotatable bonds is 7. The third-order valence-corrected chi connectivity index (χ3v) is 3.75. The number of nitro groups is 1. The van der Waals surface area contributed by atoms with Crippen LogP contribution in [0.5, 0.6) is 0 Å². The Morgan fingerprint density at radius 2 is 1.96 bits per heavy atom. The number of nitrogens with zero attached hydrogens (tertiary/aromatic N) is 3. The molecular formula is C15H17Cl2N5O2. The molecule has 1 aromatic carbocycles. The molecule has 128 valence electrons. The van der Waals surface area contributed by atoms with Crippen LogP contribution in [0.15, 0.2) is 24.5 Å². The Hall–Kier alpha value is -2.12. The fourth-order valence-electron chi connectivity index (χ4n) is 1.97. The number of anilines is 3. The molecule has 2 N–H and O–H groups in total. The van der Waals surface area contributed by atoms with Crippen LogP contribution in [0.3, 0.4) is 0 Å². The van der Waals surface area contributed by atoms with E-state index < -0.39 is 4.92 Å². The molecule has 0 unspecified atom stereocenters. The van der Waals surface area contributed by atoms with Gasteiger partial charge in [0.15, 0.2) is 0 Å². The Bertz CT molecular complexity index is 740. The lowest BCUT2D eigenvalue weighted by Crippen LogP contribution is -2.10. The molecule has 7 nitrogen and oxygen atoms in total. The molecule has 0 aliphatic rings. The van der Waals surface area contributed by atoms with Crippen molar-refractivity contribution in [2.75, 3.05) is 17.2 Å². The molecule has 24 heavy (non-hydrogen) atoms. The van der Waals surface area contributed by atoms with E-state index in [0.717, 1.165) is 6.42 Å². The molecule has 0 radical (unpaired) electrons. The number of aromatic nitrogens is 2. The maximum Gasteiger partial charge on any atom is 0.353 e. The second-order valence-electron chi connectivity index (χ2n) is 5.54. The molecule has 0 amide bonds. The van der Waals surface area contributed by atoms with Crippen LogP contribution in [-0.4, -0.2) is 21.4 Å². The highest BCUT2D eigenvalue weighted by atomic mass is 35.5. The lowest BCUT2D eigenvalue weighted by atomic mass is 10.1. The quantitative estimate of drug-likeness (QED) is 0.532. The second kappa shape index (κ2) is 8.12. The molecule has 0 aliphatic heterocycles. The Kier molecular flexibility index (Phi) is 6.16. The van der Waals surface area contributed by atoms with Gasteiger partial charge in [-0.3, -0.25) is 10.1 Å². The second-order valence-corrected chi connectivity index (χ2v) is 6.38. The zero-order valence-electron chi connectivity index (χ0n) is 13.2. The third-order valence-electron chi connectivity index (χ3n) is 3.20. The van der Waals surface area contributed by atoms with Crippen molar-refractivity contribution in [3.63, 3.8) is 0 Å². The monoisotopic (exact) mass is 369 g/mol. The average molecular weight is 370 g/mol. The van der Waals surface area contributed by atoms with Gasteiger partial charge in [-0.25, -0.2) is 9.97 Å². The summed E-state index contributed by atoms with van der Waals surface area (Å²) < 4.78 is 0. The van der Waals surface area contributed by atoms with Gasteiger partial charge in [-0.15, -0.1) is 0 Å². The summed E-state index contributed by atoms with van der Waals surface area (Å²) in [5.41, 5.74) is 0.239. The maximum absolute atomic E-state index is 11.5. The van der Waals surface area contributed by atoms with Crippen molar-refractivity contribution in [3.8, 4) is 0 Å². The first-order chi connectivity index (χ1) is 11.4. The van der Waals surface area contributed by atoms with Crippen LogP contribution in [0.25, 0.3) is 0 Å². The van der Waals surface area contributed by atoms with Crippen LogP contribution in [0.4, 0.5) is 23.0 Å². The van der Waals surface area contributed by atoms with Crippen molar-refractivity contribution in [2.45, 2.75) is 20.3 Å². The highest BCUT2D eigenvalue weighted by molar-refractivity contribution is 6.36.